The number of nitrogens with one attached hydrogen (secondary N) is 1. The third-order valence-electron chi connectivity index (χ3n) is 4.47. The van der Waals surface area contributed by atoms with E-state index < -0.39 is 41.1 Å². The molecule has 0 saturated heterocycles. The Kier molecular flexibility index (Phi) is 5.21. The molecule has 9 heteroatoms. The minimum absolute atomic E-state index is 0.277. The normalized spacial score (nSPS) is 12.9. The smallest absolute Gasteiger partial charge is 0.349 e. The predicted molar refractivity (Wildman–Crippen MR) is 104 cm³/mol. The highest BCUT2D eigenvalue weighted by Crippen LogP contribution is 2.42. The Balaban J connectivity index is 1.46. The number of amides is 1. The number of rotatable bonds is 4. The molecule has 2 heterocycles. The number of halogens is 3. The number of carbonyl (C=O) groups is 2. The van der Waals surface area contributed by atoms with Crippen molar-refractivity contribution in [1.29, 1.82) is 0 Å². The minimum Gasteiger partial charge on any atom is -0.488 e. The van der Waals surface area contributed by atoms with Gasteiger partial charge < -0.3 is 14.8 Å². The Morgan fingerprint density at radius 2 is 1.90 bits per heavy atom. The van der Waals surface area contributed by atoms with Crippen LogP contribution in [0.2, 0.25) is 0 Å². The summed E-state index contributed by atoms with van der Waals surface area (Å²) in [6, 6.07) is 10.6. The van der Waals surface area contributed by atoms with Crippen molar-refractivity contribution in [2.24, 2.45) is 0 Å². The van der Waals surface area contributed by atoms with Crippen molar-refractivity contribution in [1.82, 2.24) is 0 Å². The largest absolute Gasteiger partial charge is 0.488 e. The SMILES string of the molecule is CC(OC(=O)c1cc2c(s1)-c1ccccc1OC2)C(=O)Nc1ccc(F)c(F)c1F. The maximum atomic E-state index is 13.7. The number of para-hydroxylation sites is 1. The van der Waals surface area contributed by atoms with Gasteiger partial charge in [-0.15, -0.1) is 11.3 Å². The van der Waals surface area contributed by atoms with Crippen molar-refractivity contribution in [3.8, 4) is 16.2 Å². The van der Waals surface area contributed by atoms with Crippen LogP contribution < -0.4 is 10.1 Å². The van der Waals surface area contributed by atoms with E-state index >= 15 is 0 Å². The van der Waals surface area contributed by atoms with E-state index in [-0.39, 0.29) is 4.88 Å². The van der Waals surface area contributed by atoms with E-state index in [1.54, 1.807) is 6.07 Å². The second-order valence-electron chi connectivity index (χ2n) is 6.51. The van der Waals surface area contributed by atoms with E-state index in [2.05, 4.69) is 5.32 Å². The van der Waals surface area contributed by atoms with E-state index in [1.165, 1.54) is 18.3 Å². The zero-order valence-corrected chi connectivity index (χ0v) is 16.3. The van der Waals surface area contributed by atoms with E-state index in [9.17, 15) is 22.8 Å². The van der Waals surface area contributed by atoms with Crippen LogP contribution in [0, 0.1) is 17.5 Å². The van der Waals surface area contributed by atoms with Crippen molar-refractivity contribution < 1.29 is 32.2 Å². The fourth-order valence-corrected chi connectivity index (χ4v) is 4.01. The first-order valence-electron chi connectivity index (χ1n) is 8.85. The van der Waals surface area contributed by atoms with Crippen molar-refractivity contribution in [3.05, 3.63) is 70.4 Å². The Labute approximate surface area is 173 Å². The van der Waals surface area contributed by atoms with Crippen molar-refractivity contribution in [2.75, 3.05) is 5.32 Å². The van der Waals surface area contributed by atoms with Gasteiger partial charge in [-0.3, -0.25) is 4.79 Å². The molecule has 1 N–H and O–H groups in total. The van der Waals surface area contributed by atoms with Crippen LogP contribution in [0.3, 0.4) is 0 Å². The van der Waals surface area contributed by atoms with Gasteiger partial charge in [0.25, 0.3) is 5.91 Å². The summed E-state index contributed by atoms with van der Waals surface area (Å²) in [4.78, 5) is 25.8. The maximum absolute atomic E-state index is 13.7. The molecule has 0 saturated carbocycles. The fourth-order valence-electron chi connectivity index (χ4n) is 2.93. The number of hydrogen-bond donors (Lipinski definition) is 1. The molecule has 0 radical (unpaired) electrons. The van der Waals surface area contributed by atoms with Gasteiger partial charge in [-0.25, -0.2) is 18.0 Å². The van der Waals surface area contributed by atoms with E-state index in [4.69, 9.17) is 9.47 Å². The molecule has 5 nitrogen and oxygen atoms in total. The van der Waals surface area contributed by atoms with Crippen LogP contribution >= 0.6 is 11.3 Å². The molecule has 154 valence electrons. The molecule has 1 aliphatic heterocycles. The summed E-state index contributed by atoms with van der Waals surface area (Å²) < 4.78 is 50.8. The molecular formula is C21H14F3NO4S. The molecule has 30 heavy (non-hydrogen) atoms. The zero-order valence-electron chi connectivity index (χ0n) is 15.5. The van der Waals surface area contributed by atoms with E-state index in [1.807, 2.05) is 24.3 Å². The molecule has 2 aromatic carbocycles. The molecule has 3 aromatic rings. The molecule has 1 amide bonds. The van der Waals surface area contributed by atoms with Gasteiger partial charge in [0.1, 0.15) is 17.2 Å². The van der Waals surface area contributed by atoms with Crippen LogP contribution in [-0.2, 0) is 16.1 Å². The Morgan fingerprint density at radius 3 is 2.70 bits per heavy atom. The lowest BCUT2D eigenvalue weighted by atomic mass is 10.1. The van der Waals surface area contributed by atoms with Gasteiger partial charge in [-0.05, 0) is 37.3 Å². The van der Waals surface area contributed by atoms with Gasteiger partial charge in [0, 0.05) is 16.0 Å². The van der Waals surface area contributed by atoms with Gasteiger partial charge >= 0.3 is 5.97 Å². The van der Waals surface area contributed by atoms with Gasteiger partial charge in [0.15, 0.2) is 23.6 Å². The number of esters is 1. The average Bonchev–Trinajstić information content (AvgIpc) is 3.19. The molecule has 1 aromatic heterocycles. The molecule has 0 bridgehead atoms. The number of anilines is 1. The van der Waals surface area contributed by atoms with Crippen molar-refractivity contribution in [3.63, 3.8) is 0 Å². The van der Waals surface area contributed by atoms with Crippen LogP contribution in [0.25, 0.3) is 10.4 Å². The molecule has 1 atom stereocenters. The fraction of sp³-hybridized carbons (Fsp3) is 0.143. The molecule has 1 aliphatic rings. The molecule has 4 rings (SSSR count). The summed E-state index contributed by atoms with van der Waals surface area (Å²) in [5.41, 5.74) is 1.14. The molecule has 0 fully saturated rings. The second kappa shape index (κ2) is 7.83. The van der Waals surface area contributed by atoms with Gasteiger partial charge in [-0.1, -0.05) is 12.1 Å². The minimum atomic E-state index is -1.70. The number of thiophene rings is 1. The Bertz CT molecular complexity index is 1160. The summed E-state index contributed by atoms with van der Waals surface area (Å²) in [6.45, 7) is 1.60. The molecule has 0 aliphatic carbocycles. The number of carbonyl (C=O) groups excluding carboxylic acids is 2. The summed E-state index contributed by atoms with van der Waals surface area (Å²) in [7, 11) is 0. The maximum Gasteiger partial charge on any atom is 0.349 e. The topological polar surface area (TPSA) is 64.6 Å². The number of benzene rings is 2. The summed E-state index contributed by atoms with van der Waals surface area (Å²) in [6.07, 6.45) is -1.30. The molecule has 1 unspecified atom stereocenters. The number of ether oxygens (including phenoxy) is 2. The Morgan fingerprint density at radius 1 is 1.13 bits per heavy atom. The zero-order chi connectivity index (χ0) is 21.4. The third-order valence-corrected chi connectivity index (χ3v) is 5.66. The van der Waals surface area contributed by atoms with Crippen molar-refractivity contribution in [2.45, 2.75) is 19.6 Å². The molecular weight excluding hydrogens is 419 g/mol. The van der Waals surface area contributed by atoms with Crippen LogP contribution in [0.1, 0.15) is 22.2 Å². The third kappa shape index (κ3) is 3.63. The van der Waals surface area contributed by atoms with E-state index in [0.717, 1.165) is 22.1 Å². The van der Waals surface area contributed by atoms with Crippen LogP contribution in [0.4, 0.5) is 18.9 Å². The Hall–Kier alpha value is -3.33. The van der Waals surface area contributed by atoms with E-state index in [0.29, 0.717) is 18.4 Å². The highest BCUT2D eigenvalue weighted by Gasteiger charge is 2.26. The quantitative estimate of drug-likeness (QED) is 0.469. The lowest BCUT2D eigenvalue weighted by molar-refractivity contribution is -0.123. The number of hydrogen-bond acceptors (Lipinski definition) is 5. The lowest BCUT2D eigenvalue weighted by Crippen LogP contribution is -2.30. The van der Waals surface area contributed by atoms with Crippen LogP contribution in [-0.4, -0.2) is 18.0 Å². The summed E-state index contributed by atoms with van der Waals surface area (Å²) in [5, 5.41) is 2.08. The van der Waals surface area contributed by atoms with Gasteiger partial charge in [0.05, 0.1) is 5.69 Å². The highest BCUT2D eigenvalue weighted by atomic mass is 32.1. The van der Waals surface area contributed by atoms with Crippen LogP contribution in [0.5, 0.6) is 5.75 Å². The van der Waals surface area contributed by atoms with Gasteiger partial charge in [0.2, 0.25) is 0 Å². The summed E-state index contributed by atoms with van der Waals surface area (Å²) >= 11 is 1.21. The predicted octanol–water partition coefficient (Wildman–Crippen LogP) is 4.91. The lowest BCUT2D eigenvalue weighted by Gasteiger charge is -2.16. The standard InChI is InChI=1S/C21H14F3NO4S/c1-10(20(26)25-14-7-6-13(22)17(23)18(14)24)29-21(27)16-8-11-9-28-15-5-3-2-4-12(15)19(11)30-16/h2-8,10H,9H2,1H3,(H,25,26). The second-order valence-corrected chi connectivity index (χ2v) is 7.56. The van der Waals surface area contributed by atoms with Crippen molar-refractivity contribution >= 4 is 28.9 Å². The summed E-state index contributed by atoms with van der Waals surface area (Å²) in [5.74, 6) is -5.52. The first-order chi connectivity index (χ1) is 14.3. The average molecular weight is 433 g/mol. The van der Waals surface area contributed by atoms with Gasteiger partial charge in [-0.2, -0.15) is 0 Å². The van der Waals surface area contributed by atoms with Crippen LogP contribution in [0.15, 0.2) is 42.5 Å². The monoisotopic (exact) mass is 433 g/mol. The molecule has 0 spiro atoms. The first kappa shape index (κ1) is 20.0. The first-order valence-corrected chi connectivity index (χ1v) is 9.67. The highest BCUT2D eigenvalue weighted by molar-refractivity contribution is 7.17. The number of fused-ring (bicyclic) bond motifs is 3.